The zero-order chi connectivity index (χ0) is 19.9. The molecule has 0 spiro atoms. The first-order chi connectivity index (χ1) is 13.3. The van der Waals surface area contributed by atoms with Crippen LogP contribution >= 0.6 is 0 Å². The number of hydrogen-bond acceptors (Lipinski definition) is 2. The van der Waals surface area contributed by atoms with Crippen molar-refractivity contribution in [3.05, 3.63) is 82.7 Å². The topological polar surface area (TPSA) is 46.9 Å². The fourth-order valence-electron chi connectivity index (χ4n) is 3.65. The summed E-state index contributed by atoms with van der Waals surface area (Å²) in [6.45, 7) is 1.67. The first-order valence-corrected chi connectivity index (χ1v) is 8.95. The van der Waals surface area contributed by atoms with Gasteiger partial charge < -0.3 is 5.32 Å². The summed E-state index contributed by atoms with van der Waals surface area (Å²) in [5.74, 6) is -0.280. The lowest BCUT2D eigenvalue weighted by molar-refractivity contribution is -0.137. The quantitative estimate of drug-likeness (QED) is 0.715. The number of aryl methyl sites for hydroxylation is 1. The van der Waals surface area contributed by atoms with Crippen LogP contribution in [-0.4, -0.2) is 15.7 Å². The maximum Gasteiger partial charge on any atom is 0.416 e. The fraction of sp³-hybridized carbons (Fsp3) is 0.238. The minimum atomic E-state index is -4.44. The van der Waals surface area contributed by atoms with Crippen LogP contribution in [0.1, 0.15) is 45.2 Å². The molecule has 0 radical (unpaired) electrons. The Morgan fingerprint density at radius 2 is 1.96 bits per heavy atom. The van der Waals surface area contributed by atoms with Crippen molar-refractivity contribution < 1.29 is 18.0 Å². The van der Waals surface area contributed by atoms with Crippen LogP contribution in [0.25, 0.3) is 5.69 Å². The molecule has 1 aliphatic rings. The summed E-state index contributed by atoms with van der Waals surface area (Å²) in [5, 5.41) is 7.16. The molecule has 0 fully saturated rings. The van der Waals surface area contributed by atoms with Gasteiger partial charge in [0.2, 0.25) is 0 Å². The van der Waals surface area contributed by atoms with Crippen LogP contribution in [0.3, 0.4) is 0 Å². The number of fused-ring (bicyclic) bond motifs is 1. The Balaban J connectivity index is 1.58. The van der Waals surface area contributed by atoms with Gasteiger partial charge in [0.25, 0.3) is 5.91 Å². The van der Waals surface area contributed by atoms with Crippen molar-refractivity contribution >= 4 is 5.91 Å². The highest BCUT2D eigenvalue weighted by Gasteiger charge is 2.31. The lowest BCUT2D eigenvalue weighted by Crippen LogP contribution is -2.27. The second-order valence-corrected chi connectivity index (χ2v) is 6.87. The van der Waals surface area contributed by atoms with E-state index in [1.807, 2.05) is 18.2 Å². The first-order valence-electron chi connectivity index (χ1n) is 8.95. The molecule has 1 unspecified atom stereocenters. The SMILES string of the molecule is Cc1c(C(=O)NC2CCc3ccccc32)cnn1-c1cccc(C(F)(F)F)c1. The average Bonchev–Trinajstić information content (AvgIpc) is 3.25. The average molecular weight is 385 g/mol. The molecule has 4 nitrogen and oxygen atoms in total. The fourth-order valence-corrected chi connectivity index (χ4v) is 3.65. The van der Waals surface area contributed by atoms with Gasteiger partial charge in [-0.05, 0) is 49.1 Å². The van der Waals surface area contributed by atoms with Crippen LogP contribution in [0, 0.1) is 6.92 Å². The number of carbonyl (C=O) groups is 1. The van der Waals surface area contributed by atoms with Crippen LogP contribution in [0.2, 0.25) is 0 Å². The van der Waals surface area contributed by atoms with Gasteiger partial charge in [0, 0.05) is 0 Å². The highest BCUT2D eigenvalue weighted by atomic mass is 19.4. The molecular weight excluding hydrogens is 367 g/mol. The molecule has 1 aliphatic carbocycles. The number of aromatic nitrogens is 2. The molecule has 1 heterocycles. The van der Waals surface area contributed by atoms with Crippen molar-refractivity contribution in [2.24, 2.45) is 0 Å². The van der Waals surface area contributed by atoms with E-state index in [1.165, 1.54) is 28.6 Å². The third kappa shape index (κ3) is 3.28. The molecule has 0 bridgehead atoms. The lowest BCUT2D eigenvalue weighted by atomic mass is 10.1. The number of nitrogens with one attached hydrogen (secondary N) is 1. The molecule has 1 atom stereocenters. The number of nitrogens with zero attached hydrogens (tertiary/aromatic N) is 2. The van der Waals surface area contributed by atoms with Crippen LogP contribution < -0.4 is 5.32 Å². The van der Waals surface area contributed by atoms with Crippen molar-refractivity contribution in [1.82, 2.24) is 15.1 Å². The summed E-state index contributed by atoms with van der Waals surface area (Å²) >= 11 is 0. The summed E-state index contributed by atoms with van der Waals surface area (Å²) in [6, 6.07) is 12.8. The zero-order valence-corrected chi connectivity index (χ0v) is 15.1. The van der Waals surface area contributed by atoms with Crippen molar-refractivity contribution in [2.45, 2.75) is 32.0 Å². The van der Waals surface area contributed by atoms with Crippen LogP contribution in [0.5, 0.6) is 0 Å². The number of carbonyl (C=O) groups excluding carboxylic acids is 1. The molecule has 1 amide bonds. The zero-order valence-electron chi connectivity index (χ0n) is 15.1. The van der Waals surface area contributed by atoms with E-state index >= 15 is 0 Å². The van der Waals surface area contributed by atoms with Crippen molar-refractivity contribution in [3.8, 4) is 5.69 Å². The normalized spacial score (nSPS) is 16.1. The van der Waals surface area contributed by atoms with Crippen molar-refractivity contribution in [2.75, 3.05) is 0 Å². The predicted molar refractivity (Wildman–Crippen MR) is 98.3 cm³/mol. The molecule has 0 saturated carbocycles. The largest absolute Gasteiger partial charge is 0.416 e. The monoisotopic (exact) mass is 385 g/mol. The van der Waals surface area contributed by atoms with E-state index in [4.69, 9.17) is 0 Å². The van der Waals surface area contributed by atoms with Crippen LogP contribution in [-0.2, 0) is 12.6 Å². The van der Waals surface area contributed by atoms with Gasteiger partial charge >= 0.3 is 6.18 Å². The smallest absolute Gasteiger partial charge is 0.345 e. The number of alkyl halides is 3. The second-order valence-electron chi connectivity index (χ2n) is 6.87. The van der Waals surface area contributed by atoms with Gasteiger partial charge in [0.1, 0.15) is 0 Å². The third-order valence-electron chi connectivity index (χ3n) is 5.11. The third-order valence-corrected chi connectivity index (χ3v) is 5.11. The molecule has 144 valence electrons. The van der Waals surface area contributed by atoms with E-state index in [9.17, 15) is 18.0 Å². The maximum absolute atomic E-state index is 13.0. The Labute approximate surface area is 160 Å². The molecule has 28 heavy (non-hydrogen) atoms. The van der Waals surface area contributed by atoms with E-state index in [1.54, 1.807) is 6.92 Å². The molecule has 4 rings (SSSR count). The van der Waals surface area contributed by atoms with Gasteiger partial charge in [-0.3, -0.25) is 4.79 Å². The molecular formula is C21H18F3N3O. The highest BCUT2D eigenvalue weighted by Crippen LogP contribution is 2.32. The number of rotatable bonds is 3. The number of benzene rings is 2. The van der Waals surface area contributed by atoms with Crippen LogP contribution in [0.15, 0.2) is 54.7 Å². The van der Waals surface area contributed by atoms with Gasteiger partial charge in [-0.25, -0.2) is 4.68 Å². The molecule has 7 heteroatoms. The Kier molecular flexibility index (Phi) is 4.45. The summed E-state index contributed by atoms with van der Waals surface area (Å²) in [7, 11) is 0. The Morgan fingerprint density at radius 3 is 2.75 bits per heavy atom. The number of halogens is 3. The summed E-state index contributed by atoms with van der Waals surface area (Å²) in [5.41, 5.74) is 2.68. The first kappa shape index (κ1) is 18.3. The van der Waals surface area contributed by atoms with E-state index in [0.29, 0.717) is 11.3 Å². The molecule has 2 aromatic carbocycles. The second kappa shape index (κ2) is 6.82. The minimum Gasteiger partial charge on any atom is -0.345 e. The molecule has 3 aromatic rings. The lowest BCUT2D eigenvalue weighted by Gasteiger charge is -2.14. The van der Waals surface area contributed by atoms with E-state index in [0.717, 1.165) is 30.5 Å². The minimum absolute atomic E-state index is 0.0694. The highest BCUT2D eigenvalue weighted by molar-refractivity contribution is 5.95. The van der Waals surface area contributed by atoms with E-state index in [2.05, 4.69) is 16.5 Å². The molecule has 0 saturated heterocycles. The van der Waals surface area contributed by atoms with Crippen LogP contribution in [0.4, 0.5) is 13.2 Å². The summed E-state index contributed by atoms with van der Waals surface area (Å²) in [4.78, 5) is 12.8. The van der Waals surface area contributed by atoms with Crippen molar-refractivity contribution in [3.63, 3.8) is 0 Å². The van der Waals surface area contributed by atoms with Crippen molar-refractivity contribution in [1.29, 1.82) is 0 Å². The van der Waals surface area contributed by atoms with E-state index in [-0.39, 0.29) is 17.6 Å². The summed E-state index contributed by atoms with van der Waals surface area (Å²) in [6.07, 6.45) is -1.31. The maximum atomic E-state index is 13.0. The van der Waals surface area contributed by atoms with Gasteiger partial charge in [-0.1, -0.05) is 30.3 Å². The van der Waals surface area contributed by atoms with Gasteiger partial charge in [0.15, 0.2) is 0 Å². The predicted octanol–water partition coefficient (Wildman–Crippen LogP) is 4.62. The molecule has 0 aliphatic heterocycles. The van der Waals surface area contributed by atoms with Gasteiger partial charge in [-0.2, -0.15) is 18.3 Å². The molecule has 1 aromatic heterocycles. The number of hydrogen-bond donors (Lipinski definition) is 1. The molecule has 1 N–H and O–H groups in total. The Morgan fingerprint density at radius 1 is 1.18 bits per heavy atom. The van der Waals surface area contributed by atoms with Gasteiger partial charge in [-0.15, -0.1) is 0 Å². The standard InChI is InChI=1S/C21H18F3N3O/c1-13-18(20(28)26-19-10-9-14-5-2-3-8-17(14)19)12-25-27(13)16-7-4-6-15(11-16)21(22,23)24/h2-8,11-12,19H,9-10H2,1H3,(H,26,28). The van der Waals surface area contributed by atoms with E-state index < -0.39 is 11.7 Å². The Hall–Kier alpha value is -3.09. The number of amides is 1. The van der Waals surface area contributed by atoms with Gasteiger partial charge in [0.05, 0.1) is 34.7 Å². The summed E-state index contributed by atoms with van der Waals surface area (Å²) < 4.78 is 40.3. The Bertz CT molecular complexity index is 1040.